The summed E-state index contributed by atoms with van der Waals surface area (Å²) in [5, 5.41) is 0.644. The summed E-state index contributed by atoms with van der Waals surface area (Å²) in [6, 6.07) is 7.48. The Labute approximate surface area is 111 Å². The van der Waals surface area contributed by atoms with Crippen molar-refractivity contribution < 1.29 is 4.74 Å². The van der Waals surface area contributed by atoms with Crippen LogP contribution in [0, 0.1) is 11.3 Å². The number of hydrogen-bond donors (Lipinski definition) is 0. The monoisotopic (exact) mass is 278 g/mol. The van der Waals surface area contributed by atoms with E-state index in [-0.39, 0.29) is 5.41 Å². The van der Waals surface area contributed by atoms with Gasteiger partial charge in [0.15, 0.2) is 0 Å². The maximum absolute atomic E-state index is 5.99. The normalized spacial score (nSPS) is 21.8. The molecule has 0 amide bonds. The van der Waals surface area contributed by atoms with Crippen LogP contribution < -0.4 is 4.74 Å². The van der Waals surface area contributed by atoms with Crippen molar-refractivity contribution in [1.82, 2.24) is 0 Å². The van der Waals surface area contributed by atoms with Gasteiger partial charge < -0.3 is 4.74 Å². The maximum Gasteiger partial charge on any atom is 0.137 e. The van der Waals surface area contributed by atoms with Crippen LogP contribution in [0.15, 0.2) is 24.3 Å². The van der Waals surface area contributed by atoms with Gasteiger partial charge in [-0.1, -0.05) is 23.7 Å². The molecule has 1 saturated carbocycles. The van der Waals surface area contributed by atoms with E-state index in [1.165, 1.54) is 0 Å². The first-order valence-electron chi connectivity index (χ1n) is 5.21. The van der Waals surface area contributed by atoms with E-state index in [1.807, 2.05) is 24.3 Å². The zero-order valence-corrected chi connectivity index (χ0v) is 11.0. The van der Waals surface area contributed by atoms with Crippen LogP contribution in [-0.2, 0) is 0 Å². The lowest BCUT2D eigenvalue weighted by atomic mass is 10.1. The minimum atomic E-state index is 0.0877. The average Bonchev–Trinajstić information content (AvgIpc) is 3.02. The predicted octanol–water partition coefficient (Wildman–Crippen LogP) is 4.20. The molecule has 4 heteroatoms. The third kappa shape index (κ3) is 2.42. The number of benzene rings is 1. The van der Waals surface area contributed by atoms with Crippen molar-refractivity contribution in [2.75, 3.05) is 18.4 Å². The summed E-state index contributed by atoms with van der Waals surface area (Å²) in [4.78, 5) is 0. The second-order valence-electron chi connectivity index (χ2n) is 4.27. The molecule has 1 unspecified atom stereocenters. The smallest absolute Gasteiger partial charge is 0.137 e. The fourth-order valence-electron chi connectivity index (χ4n) is 1.78. The lowest BCUT2D eigenvalue weighted by molar-refractivity contribution is 0.281. The molecule has 1 aromatic rings. The lowest BCUT2D eigenvalue weighted by Crippen LogP contribution is -2.13. The molecule has 1 aliphatic carbocycles. The van der Waals surface area contributed by atoms with Crippen LogP contribution in [-0.4, -0.2) is 18.4 Å². The van der Waals surface area contributed by atoms with E-state index in [0.717, 1.165) is 12.2 Å². The minimum Gasteiger partial charge on any atom is -0.492 e. The SMILES string of the molecule is ClCC1(CCl)CC1COc1ccccc1Cl. The summed E-state index contributed by atoms with van der Waals surface area (Å²) in [6.07, 6.45) is 1.05. The van der Waals surface area contributed by atoms with Crippen molar-refractivity contribution in [3.05, 3.63) is 29.3 Å². The third-order valence-corrected chi connectivity index (χ3v) is 4.54. The van der Waals surface area contributed by atoms with Crippen molar-refractivity contribution >= 4 is 34.8 Å². The molecular formula is C12H13Cl3O. The second-order valence-corrected chi connectivity index (χ2v) is 5.21. The summed E-state index contributed by atoms with van der Waals surface area (Å²) in [5.74, 6) is 2.40. The van der Waals surface area contributed by atoms with E-state index in [0.29, 0.717) is 29.3 Å². The van der Waals surface area contributed by atoms with E-state index in [1.54, 1.807) is 0 Å². The Morgan fingerprint density at radius 2 is 1.94 bits per heavy atom. The number of rotatable bonds is 5. The highest BCUT2D eigenvalue weighted by Gasteiger charge is 2.53. The van der Waals surface area contributed by atoms with Gasteiger partial charge in [0.2, 0.25) is 0 Å². The van der Waals surface area contributed by atoms with Crippen molar-refractivity contribution in [3.8, 4) is 5.75 Å². The zero-order chi connectivity index (χ0) is 11.6. The van der Waals surface area contributed by atoms with Gasteiger partial charge in [0.1, 0.15) is 5.75 Å². The summed E-state index contributed by atoms with van der Waals surface area (Å²) in [6.45, 7) is 0.642. The Bertz CT molecular complexity index is 363. The molecular weight excluding hydrogens is 266 g/mol. The van der Waals surface area contributed by atoms with Crippen LogP contribution in [0.4, 0.5) is 0 Å². The van der Waals surface area contributed by atoms with Crippen LogP contribution >= 0.6 is 34.8 Å². The first-order valence-corrected chi connectivity index (χ1v) is 6.66. The molecule has 0 saturated heterocycles. The van der Waals surface area contributed by atoms with Gasteiger partial charge in [-0.15, -0.1) is 23.2 Å². The number of hydrogen-bond acceptors (Lipinski definition) is 1. The van der Waals surface area contributed by atoms with Gasteiger partial charge in [0.25, 0.3) is 0 Å². The first kappa shape index (κ1) is 12.3. The maximum atomic E-state index is 5.99. The van der Waals surface area contributed by atoms with E-state index in [2.05, 4.69) is 0 Å². The molecule has 2 rings (SSSR count). The molecule has 0 spiro atoms. The topological polar surface area (TPSA) is 9.23 Å². The van der Waals surface area contributed by atoms with Gasteiger partial charge >= 0.3 is 0 Å². The molecule has 88 valence electrons. The lowest BCUT2D eigenvalue weighted by Gasteiger charge is -2.11. The van der Waals surface area contributed by atoms with Gasteiger partial charge in [0, 0.05) is 23.1 Å². The molecule has 1 aliphatic rings. The highest BCUT2D eigenvalue weighted by atomic mass is 35.5. The quantitative estimate of drug-likeness (QED) is 0.734. The first-order chi connectivity index (χ1) is 7.72. The van der Waals surface area contributed by atoms with E-state index >= 15 is 0 Å². The van der Waals surface area contributed by atoms with Crippen molar-refractivity contribution in [1.29, 1.82) is 0 Å². The zero-order valence-electron chi connectivity index (χ0n) is 8.76. The minimum absolute atomic E-state index is 0.0877. The Morgan fingerprint density at radius 1 is 1.25 bits per heavy atom. The Morgan fingerprint density at radius 3 is 2.50 bits per heavy atom. The number of halogens is 3. The molecule has 0 bridgehead atoms. The fourth-order valence-corrected chi connectivity index (χ4v) is 2.91. The number of para-hydroxylation sites is 1. The van der Waals surface area contributed by atoms with Crippen LogP contribution in [0.25, 0.3) is 0 Å². The average molecular weight is 280 g/mol. The molecule has 1 fully saturated rings. The van der Waals surface area contributed by atoms with Crippen molar-refractivity contribution in [3.63, 3.8) is 0 Å². The summed E-state index contributed by atoms with van der Waals surface area (Å²) >= 11 is 17.8. The molecule has 1 nitrogen and oxygen atoms in total. The van der Waals surface area contributed by atoms with Gasteiger partial charge in [-0.3, -0.25) is 0 Å². The number of ether oxygens (including phenoxy) is 1. The molecule has 0 radical (unpaired) electrons. The van der Waals surface area contributed by atoms with E-state index in [9.17, 15) is 0 Å². The Kier molecular flexibility index (Phi) is 3.89. The summed E-state index contributed by atoms with van der Waals surface area (Å²) < 4.78 is 5.67. The highest BCUT2D eigenvalue weighted by Crippen LogP contribution is 2.54. The van der Waals surface area contributed by atoms with E-state index in [4.69, 9.17) is 39.5 Å². The van der Waals surface area contributed by atoms with Crippen molar-refractivity contribution in [2.45, 2.75) is 6.42 Å². The molecule has 1 atom stereocenters. The summed E-state index contributed by atoms with van der Waals surface area (Å²) in [7, 11) is 0. The second kappa shape index (κ2) is 5.03. The van der Waals surface area contributed by atoms with Crippen LogP contribution in [0.5, 0.6) is 5.75 Å². The van der Waals surface area contributed by atoms with Gasteiger partial charge in [-0.2, -0.15) is 0 Å². The summed E-state index contributed by atoms with van der Waals surface area (Å²) in [5.41, 5.74) is 0.0877. The van der Waals surface area contributed by atoms with Gasteiger partial charge in [0.05, 0.1) is 11.6 Å². The molecule has 0 aromatic heterocycles. The third-order valence-electron chi connectivity index (χ3n) is 3.17. The van der Waals surface area contributed by atoms with Crippen LogP contribution in [0.1, 0.15) is 6.42 Å². The largest absolute Gasteiger partial charge is 0.492 e. The van der Waals surface area contributed by atoms with Gasteiger partial charge in [-0.25, -0.2) is 0 Å². The fraction of sp³-hybridized carbons (Fsp3) is 0.500. The highest BCUT2D eigenvalue weighted by molar-refractivity contribution is 6.32. The van der Waals surface area contributed by atoms with Crippen LogP contribution in [0.2, 0.25) is 5.02 Å². The number of alkyl halides is 2. The Hall–Kier alpha value is -0.110. The van der Waals surface area contributed by atoms with Crippen molar-refractivity contribution in [2.24, 2.45) is 11.3 Å². The molecule has 0 heterocycles. The molecule has 16 heavy (non-hydrogen) atoms. The molecule has 0 N–H and O–H groups in total. The van der Waals surface area contributed by atoms with E-state index < -0.39 is 0 Å². The van der Waals surface area contributed by atoms with Crippen LogP contribution in [0.3, 0.4) is 0 Å². The molecule has 1 aromatic carbocycles. The Balaban J connectivity index is 1.88. The predicted molar refractivity (Wildman–Crippen MR) is 68.9 cm³/mol. The molecule has 0 aliphatic heterocycles. The van der Waals surface area contributed by atoms with Gasteiger partial charge in [-0.05, 0) is 18.6 Å². The standard InChI is InChI=1S/C12H13Cl3O/c13-7-12(8-14)5-9(12)6-16-11-4-2-1-3-10(11)15/h1-4,9H,5-8H2.